The van der Waals surface area contributed by atoms with E-state index in [1.165, 1.54) is 0 Å². The molecule has 12 heavy (non-hydrogen) atoms. The summed E-state index contributed by atoms with van der Waals surface area (Å²) >= 11 is 5.47. The summed E-state index contributed by atoms with van der Waals surface area (Å²) in [5, 5.41) is 8.42. The van der Waals surface area contributed by atoms with Crippen LogP contribution in [0.4, 0.5) is 0 Å². The molecule has 0 saturated heterocycles. The Hall–Kier alpha value is -0.960. The standard InChI is InChI=1S/C8H9ClO3/c9-4-3-6-1-2-7(12-6)5-8(10)11/h1-2H,3-5H2,(H,10,11). The summed E-state index contributed by atoms with van der Waals surface area (Å²) in [6, 6.07) is 3.41. The Morgan fingerprint density at radius 3 is 2.75 bits per heavy atom. The van der Waals surface area contributed by atoms with Crippen molar-refractivity contribution < 1.29 is 14.3 Å². The Labute approximate surface area is 74.9 Å². The Kier molecular flexibility index (Phi) is 3.17. The summed E-state index contributed by atoms with van der Waals surface area (Å²) in [7, 11) is 0. The lowest BCUT2D eigenvalue weighted by Crippen LogP contribution is -1.98. The molecule has 0 radical (unpaired) electrons. The van der Waals surface area contributed by atoms with Crippen LogP contribution in [-0.2, 0) is 17.6 Å². The predicted octanol–water partition coefficient (Wildman–Crippen LogP) is 1.69. The molecule has 4 heteroatoms. The highest BCUT2D eigenvalue weighted by molar-refractivity contribution is 6.17. The van der Waals surface area contributed by atoms with Crippen molar-refractivity contribution in [3.63, 3.8) is 0 Å². The second-order valence-electron chi connectivity index (χ2n) is 2.38. The van der Waals surface area contributed by atoms with Gasteiger partial charge in [0.1, 0.15) is 17.9 Å². The van der Waals surface area contributed by atoms with E-state index in [-0.39, 0.29) is 6.42 Å². The van der Waals surface area contributed by atoms with Gasteiger partial charge in [-0.2, -0.15) is 0 Å². The van der Waals surface area contributed by atoms with Gasteiger partial charge in [0, 0.05) is 12.3 Å². The fraction of sp³-hybridized carbons (Fsp3) is 0.375. The van der Waals surface area contributed by atoms with Crippen molar-refractivity contribution in [2.75, 3.05) is 5.88 Å². The van der Waals surface area contributed by atoms with Gasteiger partial charge in [-0.25, -0.2) is 0 Å². The lowest BCUT2D eigenvalue weighted by Gasteiger charge is -1.90. The maximum atomic E-state index is 10.2. The van der Waals surface area contributed by atoms with Crippen molar-refractivity contribution in [3.8, 4) is 0 Å². The average molecular weight is 189 g/mol. The summed E-state index contributed by atoms with van der Waals surface area (Å²) in [6.07, 6.45) is 0.573. The first-order chi connectivity index (χ1) is 5.72. The molecule has 0 aromatic carbocycles. The zero-order chi connectivity index (χ0) is 8.97. The Morgan fingerprint density at radius 2 is 2.17 bits per heavy atom. The normalized spacial score (nSPS) is 10.1. The molecule has 3 nitrogen and oxygen atoms in total. The number of halogens is 1. The minimum atomic E-state index is -0.887. The molecule has 0 saturated carbocycles. The minimum absolute atomic E-state index is 0.0672. The third-order valence-corrected chi connectivity index (χ3v) is 1.57. The van der Waals surface area contributed by atoms with E-state index >= 15 is 0 Å². The van der Waals surface area contributed by atoms with Gasteiger partial charge in [-0.15, -0.1) is 11.6 Å². The van der Waals surface area contributed by atoms with Crippen LogP contribution in [0.25, 0.3) is 0 Å². The van der Waals surface area contributed by atoms with Gasteiger partial charge in [-0.3, -0.25) is 4.79 Å². The molecule has 1 heterocycles. The Bertz CT molecular complexity index is 267. The topological polar surface area (TPSA) is 50.4 Å². The van der Waals surface area contributed by atoms with E-state index in [4.69, 9.17) is 21.1 Å². The van der Waals surface area contributed by atoms with Gasteiger partial charge < -0.3 is 9.52 Å². The maximum Gasteiger partial charge on any atom is 0.311 e. The number of rotatable bonds is 4. The van der Waals surface area contributed by atoms with Crippen molar-refractivity contribution in [2.24, 2.45) is 0 Å². The van der Waals surface area contributed by atoms with Gasteiger partial charge in [0.25, 0.3) is 0 Å². The highest BCUT2D eigenvalue weighted by atomic mass is 35.5. The molecule has 0 fully saturated rings. The van der Waals surface area contributed by atoms with E-state index in [0.717, 1.165) is 5.76 Å². The largest absolute Gasteiger partial charge is 0.481 e. The van der Waals surface area contributed by atoms with Crippen LogP contribution < -0.4 is 0 Å². The highest BCUT2D eigenvalue weighted by Gasteiger charge is 2.05. The summed E-state index contributed by atoms with van der Waals surface area (Å²) in [5.74, 6) is 0.811. The molecule has 0 spiro atoms. The fourth-order valence-electron chi connectivity index (χ4n) is 0.894. The van der Waals surface area contributed by atoms with Gasteiger partial charge in [0.15, 0.2) is 0 Å². The molecule has 66 valence electrons. The van der Waals surface area contributed by atoms with Crippen molar-refractivity contribution in [1.29, 1.82) is 0 Å². The summed E-state index contributed by atoms with van der Waals surface area (Å²) < 4.78 is 5.17. The van der Waals surface area contributed by atoms with Crippen LogP contribution in [0.15, 0.2) is 16.5 Å². The molecule has 0 aliphatic rings. The molecule has 0 amide bonds. The Balaban J connectivity index is 2.58. The lowest BCUT2D eigenvalue weighted by atomic mass is 10.3. The summed E-state index contributed by atoms with van der Waals surface area (Å²) in [5.41, 5.74) is 0. The first-order valence-corrected chi connectivity index (χ1v) is 4.11. The molecule has 0 aliphatic heterocycles. The number of hydrogen-bond donors (Lipinski definition) is 1. The van der Waals surface area contributed by atoms with Crippen LogP contribution in [0.2, 0.25) is 0 Å². The van der Waals surface area contributed by atoms with E-state index in [9.17, 15) is 4.79 Å². The average Bonchev–Trinajstić information content (AvgIpc) is 2.36. The van der Waals surface area contributed by atoms with Crippen molar-refractivity contribution >= 4 is 17.6 Å². The summed E-state index contributed by atoms with van der Waals surface area (Å²) in [4.78, 5) is 10.2. The van der Waals surface area contributed by atoms with Crippen molar-refractivity contribution in [1.82, 2.24) is 0 Å². The number of alkyl halides is 1. The monoisotopic (exact) mass is 188 g/mol. The lowest BCUT2D eigenvalue weighted by molar-refractivity contribution is -0.136. The van der Waals surface area contributed by atoms with E-state index in [0.29, 0.717) is 18.1 Å². The van der Waals surface area contributed by atoms with Crippen molar-refractivity contribution in [2.45, 2.75) is 12.8 Å². The maximum absolute atomic E-state index is 10.2. The van der Waals surface area contributed by atoms with E-state index < -0.39 is 5.97 Å². The van der Waals surface area contributed by atoms with Crippen LogP contribution in [-0.4, -0.2) is 17.0 Å². The molecule has 0 aliphatic carbocycles. The van der Waals surface area contributed by atoms with Gasteiger partial charge in [-0.05, 0) is 12.1 Å². The molecule has 1 aromatic rings. The van der Waals surface area contributed by atoms with Crippen LogP contribution in [0, 0.1) is 0 Å². The molecule has 1 rings (SSSR count). The number of hydrogen-bond acceptors (Lipinski definition) is 2. The van der Waals surface area contributed by atoms with Gasteiger partial charge in [-0.1, -0.05) is 0 Å². The van der Waals surface area contributed by atoms with Crippen LogP contribution in [0.3, 0.4) is 0 Å². The molecular weight excluding hydrogens is 180 g/mol. The smallest absolute Gasteiger partial charge is 0.311 e. The first-order valence-electron chi connectivity index (χ1n) is 3.57. The summed E-state index contributed by atoms with van der Waals surface area (Å²) in [6.45, 7) is 0. The Morgan fingerprint density at radius 1 is 1.50 bits per heavy atom. The number of aryl methyl sites for hydroxylation is 1. The second-order valence-corrected chi connectivity index (χ2v) is 2.76. The second kappa shape index (κ2) is 4.16. The third-order valence-electron chi connectivity index (χ3n) is 1.38. The number of carboxylic acid groups (broad SMARTS) is 1. The van der Waals surface area contributed by atoms with Gasteiger partial charge in [0.05, 0.1) is 0 Å². The number of aliphatic carboxylic acids is 1. The SMILES string of the molecule is O=C(O)Cc1ccc(CCCl)o1. The van der Waals surface area contributed by atoms with Crippen LogP contribution >= 0.6 is 11.6 Å². The van der Waals surface area contributed by atoms with E-state index in [1.54, 1.807) is 12.1 Å². The number of carbonyl (C=O) groups is 1. The van der Waals surface area contributed by atoms with E-state index in [2.05, 4.69) is 0 Å². The van der Waals surface area contributed by atoms with E-state index in [1.807, 2.05) is 0 Å². The van der Waals surface area contributed by atoms with Crippen LogP contribution in [0.5, 0.6) is 0 Å². The van der Waals surface area contributed by atoms with Gasteiger partial charge in [0.2, 0.25) is 0 Å². The molecular formula is C8H9ClO3. The predicted molar refractivity (Wildman–Crippen MR) is 44.5 cm³/mol. The molecule has 1 N–H and O–H groups in total. The van der Waals surface area contributed by atoms with Gasteiger partial charge >= 0.3 is 5.97 Å². The minimum Gasteiger partial charge on any atom is -0.481 e. The third kappa shape index (κ3) is 2.58. The number of furan rings is 1. The quantitative estimate of drug-likeness (QED) is 0.732. The molecule has 1 aromatic heterocycles. The molecule has 0 bridgehead atoms. The highest BCUT2D eigenvalue weighted by Crippen LogP contribution is 2.09. The molecule has 0 atom stereocenters. The molecule has 0 unspecified atom stereocenters. The van der Waals surface area contributed by atoms with Crippen molar-refractivity contribution in [3.05, 3.63) is 23.7 Å². The first kappa shape index (κ1) is 9.13. The number of carboxylic acids is 1. The van der Waals surface area contributed by atoms with Crippen LogP contribution in [0.1, 0.15) is 11.5 Å². The zero-order valence-electron chi connectivity index (χ0n) is 6.42. The zero-order valence-corrected chi connectivity index (χ0v) is 7.17. The fourth-order valence-corrected chi connectivity index (χ4v) is 1.08.